The number of nitrogens with zero attached hydrogens (tertiary/aromatic N) is 2. The number of hydrogen-bond donors (Lipinski definition) is 0. The Balaban J connectivity index is 2.37. The van der Waals surface area contributed by atoms with Gasteiger partial charge in [-0.15, -0.1) is 4.40 Å². The summed E-state index contributed by atoms with van der Waals surface area (Å²) in [7, 11) is -1.87. The maximum Gasteiger partial charge on any atom is 0.286 e. The Labute approximate surface area is 118 Å². The monoisotopic (exact) mass is 286 g/mol. The van der Waals surface area contributed by atoms with Gasteiger partial charge in [0, 0.05) is 7.05 Å². The average molecular weight is 286 g/mol. The number of anilines is 1. The lowest BCUT2D eigenvalue weighted by Gasteiger charge is -2.27. The summed E-state index contributed by atoms with van der Waals surface area (Å²) in [6, 6.07) is 11.2. The van der Waals surface area contributed by atoms with Crippen LogP contribution in [-0.4, -0.2) is 21.3 Å². The van der Waals surface area contributed by atoms with E-state index >= 15 is 0 Å². The molecule has 1 heterocycles. The van der Waals surface area contributed by atoms with Gasteiger partial charge in [-0.2, -0.15) is 8.42 Å². The molecule has 20 heavy (non-hydrogen) atoms. The third-order valence-electron chi connectivity index (χ3n) is 3.37. The second kappa shape index (κ2) is 4.18. The molecule has 0 saturated heterocycles. The Morgan fingerprint density at radius 1 is 1.20 bits per heavy atom. The Bertz CT molecular complexity index is 867. The van der Waals surface area contributed by atoms with Crippen LogP contribution in [0.5, 0.6) is 0 Å². The van der Waals surface area contributed by atoms with Crippen molar-refractivity contribution in [3.8, 4) is 0 Å². The zero-order chi connectivity index (χ0) is 14.5. The lowest BCUT2D eigenvalue weighted by atomic mass is 10.1. The predicted octanol–water partition coefficient (Wildman–Crippen LogP) is 2.95. The van der Waals surface area contributed by atoms with Crippen molar-refractivity contribution >= 4 is 32.3 Å². The van der Waals surface area contributed by atoms with Crippen molar-refractivity contribution in [2.45, 2.75) is 11.8 Å². The Morgan fingerprint density at radius 3 is 2.40 bits per heavy atom. The first-order valence-electron chi connectivity index (χ1n) is 6.17. The highest BCUT2D eigenvalue weighted by Crippen LogP contribution is 2.35. The third-order valence-corrected chi connectivity index (χ3v) is 4.67. The highest BCUT2D eigenvalue weighted by atomic mass is 32.2. The van der Waals surface area contributed by atoms with Gasteiger partial charge in [0.25, 0.3) is 10.0 Å². The molecule has 0 amide bonds. The molecule has 0 bridgehead atoms. The van der Waals surface area contributed by atoms with Crippen LogP contribution in [0.1, 0.15) is 6.92 Å². The van der Waals surface area contributed by atoms with E-state index in [9.17, 15) is 8.42 Å². The smallest absolute Gasteiger partial charge is 0.286 e. The van der Waals surface area contributed by atoms with Gasteiger partial charge in [0.05, 0.1) is 5.69 Å². The number of likely N-dealkylation sites (N-methyl/N-ethyl adjacent to an activating group) is 1. The minimum Gasteiger partial charge on any atom is -0.327 e. The Morgan fingerprint density at radius 2 is 1.80 bits per heavy atom. The molecule has 5 heteroatoms. The van der Waals surface area contributed by atoms with E-state index < -0.39 is 10.0 Å². The first-order valence-corrected chi connectivity index (χ1v) is 7.61. The minimum atomic E-state index is -3.68. The average Bonchev–Trinajstić information content (AvgIpc) is 2.41. The molecule has 102 valence electrons. The van der Waals surface area contributed by atoms with E-state index in [4.69, 9.17) is 0 Å². The second-order valence-corrected chi connectivity index (χ2v) is 6.47. The van der Waals surface area contributed by atoms with E-state index in [2.05, 4.69) is 11.0 Å². The summed E-state index contributed by atoms with van der Waals surface area (Å²) in [4.78, 5) is 2.01. The topological polar surface area (TPSA) is 49.7 Å². The van der Waals surface area contributed by atoms with Crippen molar-refractivity contribution in [2.75, 3.05) is 11.9 Å². The van der Waals surface area contributed by atoms with Crippen LogP contribution in [-0.2, 0) is 10.0 Å². The van der Waals surface area contributed by atoms with Crippen molar-refractivity contribution in [1.29, 1.82) is 0 Å². The van der Waals surface area contributed by atoms with Crippen LogP contribution in [0.3, 0.4) is 0 Å². The SMILES string of the molecule is C=C(C)C1=NS(=O)(=O)c2cc3ccccc3cc2N1C. The number of fused-ring (bicyclic) bond motifs is 2. The van der Waals surface area contributed by atoms with Gasteiger partial charge in [-0.25, -0.2) is 0 Å². The van der Waals surface area contributed by atoms with E-state index in [0.29, 0.717) is 17.1 Å². The third kappa shape index (κ3) is 1.82. The maximum atomic E-state index is 12.3. The fraction of sp³-hybridized carbons (Fsp3) is 0.133. The second-order valence-electron chi connectivity index (χ2n) is 4.90. The van der Waals surface area contributed by atoms with Crippen molar-refractivity contribution in [2.24, 2.45) is 4.40 Å². The molecule has 0 fully saturated rings. The summed E-state index contributed by atoms with van der Waals surface area (Å²) in [5.74, 6) is 0.382. The molecule has 3 rings (SSSR count). The van der Waals surface area contributed by atoms with Gasteiger partial charge in [-0.05, 0) is 35.4 Å². The van der Waals surface area contributed by atoms with Crippen LogP contribution in [0.25, 0.3) is 10.8 Å². The number of rotatable bonds is 1. The van der Waals surface area contributed by atoms with Crippen LogP contribution < -0.4 is 4.90 Å². The van der Waals surface area contributed by atoms with Gasteiger partial charge in [-0.3, -0.25) is 0 Å². The number of sulfonamides is 1. The van der Waals surface area contributed by atoms with Gasteiger partial charge in [0.2, 0.25) is 0 Å². The standard InChI is InChI=1S/C15H14N2O2S/c1-10(2)15-16-20(18,19)14-9-12-7-5-4-6-11(12)8-13(14)17(15)3/h4-9H,1H2,2-3H3. The quantitative estimate of drug-likeness (QED) is 0.810. The van der Waals surface area contributed by atoms with Crippen molar-refractivity contribution in [3.05, 3.63) is 48.6 Å². The van der Waals surface area contributed by atoms with Crippen molar-refractivity contribution < 1.29 is 8.42 Å². The molecule has 2 aromatic carbocycles. The molecule has 4 nitrogen and oxygen atoms in total. The van der Waals surface area contributed by atoms with Gasteiger partial charge in [0.15, 0.2) is 0 Å². The Hall–Kier alpha value is -2.14. The Kier molecular flexibility index (Phi) is 2.69. The van der Waals surface area contributed by atoms with E-state index in [0.717, 1.165) is 10.8 Å². The number of hydrogen-bond acceptors (Lipinski definition) is 3. The summed E-state index contributed by atoms with van der Waals surface area (Å²) in [6.45, 7) is 5.54. The van der Waals surface area contributed by atoms with Crippen LogP contribution in [0.4, 0.5) is 5.69 Å². The summed E-state index contributed by atoms with van der Waals surface area (Å²) in [6.07, 6.45) is 0. The molecule has 0 N–H and O–H groups in total. The largest absolute Gasteiger partial charge is 0.327 e. The summed E-state index contributed by atoms with van der Waals surface area (Å²) < 4.78 is 28.5. The normalized spacial score (nSPS) is 16.7. The molecular formula is C15H14N2O2S. The van der Waals surface area contributed by atoms with E-state index in [1.807, 2.05) is 30.3 Å². The van der Waals surface area contributed by atoms with Crippen molar-refractivity contribution in [3.63, 3.8) is 0 Å². The van der Waals surface area contributed by atoms with Gasteiger partial charge < -0.3 is 4.90 Å². The molecule has 0 saturated carbocycles. The molecule has 2 aromatic rings. The first kappa shape index (κ1) is 12.9. The molecule has 0 aromatic heterocycles. The molecule has 0 spiro atoms. The maximum absolute atomic E-state index is 12.3. The van der Waals surface area contributed by atoms with Crippen LogP contribution in [0.2, 0.25) is 0 Å². The fourth-order valence-corrected chi connectivity index (χ4v) is 3.72. The number of benzene rings is 2. The summed E-state index contributed by atoms with van der Waals surface area (Å²) in [5, 5.41) is 1.88. The van der Waals surface area contributed by atoms with E-state index in [1.54, 1.807) is 24.9 Å². The zero-order valence-electron chi connectivity index (χ0n) is 11.3. The fourth-order valence-electron chi connectivity index (χ4n) is 2.38. The van der Waals surface area contributed by atoms with E-state index in [1.165, 1.54) is 0 Å². The highest BCUT2D eigenvalue weighted by Gasteiger charge is 2.29. The molecule has 1 aliphatic rings. The molecule has 0 atom stereocenters. The zero-order valence-corrected chi connectivity index (χ0v) is 12.1. The lowest BCUT2D eigenvalue weighted by Crippen LogP contribution is -2.32. The van der Waals surface area contributed by atoms with E-state index in [-0.39, 0.29) is 4.90 Å². The van der Waals surface area contributed by atoms with Crippen LogP contribution in [0.15, 0.2) is 57.8 Å². The lowest BCUT2D eigenvalue weighted by molar-refractivity contribution is 0.597. The minimum absolute atomic E-state index is 0.240. The molecule has 1 aliphatic heterocycles. The summed E-state index contributed by atoms with van der Waals surface area (Å²) >= 11 is 0. The molecule has 0 unspecified atom stereocenters. The van der Waals surface area contributed by atoms with Gasteiger partial charge in [-0.1, -0.05) is 30.8 Å². The molecule has 0 aliphatic carbocycles. The van der Waals surface area contributed by atoms with Gasteiger partial charge in [0.1, 0.15) is 10.7 Å². The predicted molar refractivity (Wildman–Crippen MR) is 81.8 cm³/mol. The first-order chi connectivity index (χ1) is 9.40. The molecule has 0 radical (unpaired) electrons. The highest BCUT2D eigenvalue weighted by molar-refractivity contribution is 7.90. The number of amidine groups is 1. The van der Waals surface area contributed by atoms with Crippen LogP contribution in [0, 0.1) is 0 Å². The molecular weight excluding hydrogens is 272 g/mol. The summed E-state index contributed by atoms with van der Waals surface area (Å²) in [5.41, 5.74) is 1.26. The van der Waals surface area contributed by atoms with Crippen molar-refractivity contribution in [1.82, 2.24) is 0 Å². The van der Waals surface area contributed by atoms with Gasteiger partial charge >= 0.3 is 0 Å². The van der Waals surface area contributed by atoms with Crippen LogP contribution >= 0.6 is 0 Å².